The number of carbonyl (C=O) groups excluding carboxylic acids is 2. The lowest BCUT2D eigenvalue weighted by molar-refractivity contribution is -0.121. The van der Waals surface area contributed by atoms with Crippen molar-refractivity contribution in [2.75, 3.05) is 6.54 Å². The van der Waals surface area contributed by atoms with Gasteiger partial charge in [-0.3, -0.25) is 14.4 Å². The lowest BCUT2D eigenvalue weighted by Crippen LogP contribution is -2.27. The van der Waals surface area contributed by atoms with Gasteiger partial charge in [0, 0.05) is 41.1 Å². The van der Waals surface area contributed by atoms with Crippen molar-refractivity contribution in [2.45, 2.75) is 26.2 Å². The number of fused-ring (bicyclic) bond motifs is 1. The highest BCUT2D eigenvalue weighted by molar-refractivity contribution is 6.30. The second-order valence-electron chi connectivity index (χ2n) is 6.74. The molecule has 0 saturated carbocycles. The largest absolute Gasteiger partial charge is 0.356 e. The van der Waals surface area contributed by atoms with Crippen LogP contribution in [0.1, 0.15) is 34.3 Å². The number of hydrogen-bond donors (Lipinski definition) is 2. The van der Waals surface area contributed by atoms with E-state index in [1.807, 2.05) is 31.2 Å². The third kappa shape index (κ3) is 5.08. The van der Waals surface area contributed by atoms with Crippen LogP contribution in [0, 0.1) is 6.92 Å². The first-order chi connectivity index (χ1) is 13.4. The van der Waals surface area contributed by atoms with Crippen LogP contribution in [0.3, 0.4) is 0 Å². The molecule has 0 aliphatic rings. The van der Waals surface area contributed by atoms with Gasteiger partial charge in [-0.2, -0.15) is 0 Å². The Bertz CT molecular complexity index is 1070. The van der Waals surface area contributed by atoms with Gasteiger partial charge in [0.15, 0.2) is 5.78 Å². The number of benzene rings is 2. The molecular formula is C22H21ClN2O3. The number of Topliss-reactive ketones (excluding diaryl/α,β-unsaturated/α-hetero) is 1. The fourth-order valence-corrected chi connectivity index (χ4v) is 3.10. The number of aromatic amines is 1. The third-order valence-electron chi connectivity index (χ3n) is 4.54. The smallest absolute Gasteiger partial charge is 0.251 e. The molecule has 0 fully saturated rings. The molecule has 1 amide bonds. The van der Waals surface area contributed by atoms with Gasteiger partial charge in [-0.1, -0.05) is 23.7 Å². The molecular weight excluding hydrogens is 376 g/mol. The highest BCUT2D eigenvalue weighted by Gasteiger charge is 2.10. The number of amides is 1. The number of hydrogen-bond acceptors (Lipinski definition) is 3. The number of ketones is 1. The van der Waals surface area contributed by atoms with Crippen molar-refractivity contribution in [3.8, 4) is 0 Å². The van der Waals surface area contributed by atoms with Crippen molar-refractivity contribution in [3.63, 3.8) is 0 Å². The fraction of sp³-hybridized carbons (Fsp3) is 0.227. The Labute approximate surface area is 167 Å². The van der Waals surface area contributed by atoms with E-state index in [9.17, 15) is 14.4 Å². The maximum absolute atomic E-state index is 12.2. The number of pyridine rings is 1. The van der Waals surface area contributed by atoms with Crippen molar-refractivity contribution in [3.05, 3.63) is 80.6 Å². The molecule has 0 atom stereocenters. The van der Waals surface area contributed by atoms with Crippen LogP contribution in [0.4, 0.5) is 0 Å². The number of nitrogens with one attached hydrogen (secondary N) is 2. The molecule has 0 saturated heterocycles. The van der Waals surface area contributed by atoms with Crippen molar-refractivity contribution in [2.24, 2.45) is 0 Å². The van der Waals surface area contributed by atoms with Crippen molar-refractivity contribution >= 4 is 34.2 Å². The average Bonchev–Trinajstić information content (AvgIpc) is 2.67. The number of aromatic nitrogens is 1. The van der Waals surface area contributed by atoms with Crippen LogP contribution >= 0.6 is 11.6 Å². The summed E-state index contributed by atoms with van der Waals surface area (Å²) in [4.78, 5) is 39.1. The van der Waals surface area contributed by atoms with E-state index < -0.39 is 0 Å². The van der Waals surface area contributed by atoms with Gasteiger partial charge >= 0.3 is 0 Å². The Morgan fingerprint density at radius 1 is 1.04 bits per heavy atom. The predicted octanol–water partition coefficient (Wildman–Crippen LogP) is 3.81. The van der Waals surface area contributed by atoms with Crippen LogP contribution < -0.4 is 10.9 Å². The van der Waals surface area contributed by atoms with Crippen LogP contribution in [-0.2, 0) is 11.2 Å². The first-order valence-corrected chi connectivity index (χ1v) is 9.48. The average molecular weight is 397 g/mol. The normalized spacial score (nSPS) is 10.8. The monoisotopic (exact) mass is 396 g/mol. The summed E-state index contributed by atoms with van der Waals surface area (Å²) in [5.41, 5.74) is 2.89. The standard InChI is InChI=1S/C22H21ClN2O3/c1-14-2-3-16-13-17(22(28)25-19(16)12-14)10-11-24-21(27)9-8-20(26)15-4-6-18(23)7-5-15/h2-7,12-13H,8-11H2,1H3,(H,24,27)(H,25,28). The molecule has 5 nitrogen and oxygen atoms in total. The summed E-state index contributed by atoms with van der Waals surface area (Å²) in [6, 6.07) is 14.3. The van der Waals surface area contributed by atoms with Gasteiger partial charge in [0.05, 0.1) is 0 Å². The maximum Gasteiger partial charge on any atom is 0.251 e. The van der Waals surface area contributed by atoms with Gasteiger partial charge in [0.1, 0.15) is 0 Å². The minimum Gasteiger partial charge on any atom is -0.356 e. The lowest BCUT2D eigenvalue weighted by Gasteiger charge is -2.07. The quantitative estimate of drug-likeness (QED) is 0.596. The molecule has 2 N–H and O–H groups in total. The first kappa shape index (κ1) is 19.8. The van der Waals surface area contributed by atoms with Crippen LogP contribution in [0.25, 0.3) is 10.9 Å². The van der Waals surface area contributed by atoms with Crippen LogP contribution in [0.15, 0.2) is 53.3 Å². The van der Waals surface area contributed by atoms with E-state index in [2.05, 4.69) is 10.3 Å². The molecule has 0 spiro atoms. The van der Waals surface area contributed by atoms with Gasteiger partial charge < -0.3 is 10.3 Å². The molecule has 0 aliphatic carbocycles. The molecule has 0 bridgehead atoms. The highest BCUT2D eigenvalue weighted by atomic mass is 35.5. The van der Waals surface area contributed by atoms with Gasteiger partial charge in [0.25, 0.3) is 5.56 Å². The number of aryl methyl sites for hydroxylation is 1. The molecule has 2 aromatic carbocycles. The molecule has 144 valence electrons. The van der Waals surface area contributed by atoms with E-state index in [4.69, 9.17) is 11.6 Å². The van der Waals surface area contributed by atoms with Gasteiger partial charge in [-0.25, -0.2) is 0 Å². The zero-order valence-corrected chi connectivity index (χ0v) is 16.3. The molecule has 0 radical (unpaired) electrons. The summed E-state index contributed by atoms with van der Waals surface area (Å²) >= 11 is 5.80. The first-order valence-electron chi connectivity index (χ1n) is 9.10. The molecule has 1 heterocycles. The topological polar surface area (TPSA) is 79.0 Å². The summed E-state index contributed by atoms with van der Waals surface area (Å²) in [5.74, 6) is -0.316. The van der Waals surface area contributed by atoms with E-state index in [0.29, 0.717) is 29.1 Å². The Morgan fingerprint density at radius 2 is 1.79 bits per heavy atom. The van der Waals surface area contributed by atoms with Crippen LogP contribution in [-0.4, -0.2) is 23.2 Å². The summed E-state index contributed by atoms with van der Waals surface area (Å²) in [6.45, 7) is 2.31. The summed E-state index contributed by atoms with van der Waals surface area (Å²) < 4.78 is 0. The van der Waals surface area contributed by atoms with Crippen molar-refractivity contribution < 1.29 is 9.59 Å². The van der Waals surface area contributed by atoms with Gasteiger partial charge in [-0.05, 0) is 60.7 Å². The minimum absolute atomic E-state index is 0.104. The van der Waals surface area contributed by atoms with E-state index in [-0.39, 0.29) is 30.1 Å². The Kier molecular flexibility index (Phi) is 6.26. The van der Waals surface area contributed by atoms with Gasteiger partial charge in [-0.15, -0.1) is 0 Å². The second-order valence-corrected chi connectivity index (χ2v) is 7.18. The number of H-pyrrole nitrogens is 1. The Balaban J connectivity index is 1.50. The van der Waals surface area contributed by atoms with Gasteiger partial charge in [0.2, 0.25) is 5.91 Å². The second kappa shape index (κ2) is 8.85. The number of carbonyl (C=O) groups is 2. The van der Waals surface area contributed by atoms with E-state index >= 15 is 0 Å². The predicted molar refractivity (Wildman–Crippen MR) is 111 cm³/mol. The molecule has 3 aromatic rings. The zero-order valence-electron chi connectivity index (χ0n) is 15.5. The maximum atomic E-state index is 12.2. The van der Waals surface area contributed by atoms with E-state index in [1.54, 1.807) is 24.3 Å². The minimum atomic E-state index is -0.213. The fourth-order valence-electron chi connectivity index (χ4n) is 2.98. The molecule has 6 heteroatoms. The van der Waals surface area contributed by atoms with E-state index in [0.717, 1.165) is 16.5 Å². The van der Waals surface area contributed by atoms with Crippen molar-refractivity contribution in [1.29, 1.82) is 0 Å². The SMILES string of the molecule is Cc1ccc2cc(CCNC(=O)CCC(=O)c3ccc(Cl)cc3)c(=O)[nH]c2c1. The molecule has 1 aromatic heterocycles. The molecule has 3 rings (SSSR count). The molecule has 0 aliphatic heterocycles. The summed E-state index contributed by atoms with van der Waals surface area (Å²) in [7, 11) is 0. The van der Waals surface area contributed by atoms with E-state index in [1.165, 1.54) is 0 Å². The summed E-state index contributed by atoms with van der Waals surface area (Å²) in [5, 5.41) is 4.29. The Morgan fingerprint density at radius 3 is 2.54 bits per heavy atom. The number of halogens is 1. The lowest BCUT2D eigenvalue weighted by atomic mass is 10.1. The zero-order chi connectivity index (χ0) is 20.1. The summed E-state index contributed by atoms with van der Waals surface area (Å²) in [6.07, 6.45) is 0.661. The highest BCUT2D eigenvalue weighted by Crippen LogP contribution is 2.13. The Hall–Kier alpha value is -2.92. The molecule has 28 heavy (non-hydrogen) atoms. The number of rotatable bonds is 7. The van der Waals surface area contributed by atoms with Crippen LogP contribution in [0.2, 0.25) is 5.02 Å². The molecule has 0 unspecified atom stereocenters. The van der Waals surface area contributed by atoms with Crippen LogP contribution in [0.5, 0.6) is 0 Å². The van der Waals surface area contributed by atoms with Crippen molar-refractivity contribution in [1.82, 2.24) is 10.3 Å². The third-order valence-corrected chi connectivity index (χ3v) is 4.79.